The number of aryl methyl sites for hydroxylation is 1. The Morgan fingerprint density at radius 1 is 1.40 bits per heavy atom. The number of rotatable bonds is 4. The minimum absolute atomic E-state index is 0.0699. The molecule has 1 aliphatic heterocycles. The Morgan fingerprint density at radius 3 is 2.80 bits per heavy atom. The molecule has 1 aromatic heterocycles. The monoisotopic (exact) mass is 273 g/mol. The third-order valence-electron chi connectivity index (χ3n) is 3.80. The van der Waals surface area contributed by atoms with Gasteiger partial charge in [0.15, 0.2) is 0 Å². The fourth-order valence-corrected chi connectivity index (χ4v) is 2.55. The first-order valence-corrected chi connectivity index (χ1v) is 6.78. The van der Waals surface area contributed by atoms with Gasteiger partial charge in [-0.3, -0.25) is 4.68 Å². The molecule has 0 bridgehead atoms. The van der Waals surface area contributed by atoms with Gasteiger partial charge in [0.25, 0.3) is 0 Å². The third-order valence-corrected chi connectivity index (χ3v) is 3.80. The van der Waals surface area contributed by atoms with Crippen molar-refractivity contribution in [3.05, 3.63) is 35.7 Å². The lowest BCUT2D eigenvalue weighted by Crippen LogP contribution is -2.43. The van der Waals surface area contributed by atoms with Crippen LogP contribution >= 0.6 is 0 Å². The Bertz CT molecular complexity index is 618. The van der Waals surface area contributed by atoms with E-state index < -0.39 is 0 Å². The molecule has 0 atom stereocenters. The molecule has 0 aliphatic carbocycles. The number of hydrogen-bond acceptors (Lipinski definition) is 4. The second-order valence-electron chi connectivity index (χ2n) is 5.10. The zero-order valence-electron chi connectivity index (χ0n) is 11.8. The number of ether oxygens (including phenoxy) is 1. The quantitative estimate of drug-likeness (QED) is 0.886. The maximum Gasteiger partial charge on any atom is 0.129 e. The maximum atomic E-state index is 9.57. The Hall–Kier alpha value is -1.85. The molecular formula is C15H19N3O2. The Balaban J connectivity index is 2.09. The van der Waals surface area contributed by atoms with Gasteiger partial charge in [-0.05, 0) is 12.5 Å². The summed E-state index contributed by atoms with van der Waals surface area (Å²) in [4.78, 5) is 0. The molecule has 1 fully saturated rings. The van der Waals surface area contributed by atoms with Crippen molar-refractivity contribution in [2.24, 2.45) is 0 Å². The van der Waals surface area contributed by atoms with Crippen LogP contribution in [0, 0.1) is 6.92 Å². The zero-order chi connectivity index (χ0) is 14.1. The highest BCUT2D eigenvalue weighted by Gasteiger charge is 2.23. The number of nitrogens with one attached hydrogen (secondary N) is 1. The lowest BCUT2D eigenvalue weighted by atomic mass is 10.0. The zero-order valence-corrected chi connectivity index (χ0v) is 11.8. The van der Waals surface area contributed by atoms with Gasteiger partial charge in [-0.15, -0.1) is 0 Å². The summed E-state index contributed by atoms with van der Waals surface area (Å²) in [5.74, 6) is 0.841. The highest BCUT2D eigenvalue weighted by Crippen LogP contribution is 2.35. The summed E-state index contributed by atoms with van der Waals surface area (Å²) in [5.41, 5.74) is 3.70. The molecule has 5 heteroatoms. The Morgan fingerprint density at radius 2 is 2.20 bits per heavy atom. The van der Waals surface area contributed by atoms with Crippen molar-refractivity contribution in [2.45, 2.75) is 19.6 Å². The van der Waals surface area contributed by atoms with Gasteiger partial charge < -0.3 is 15.2 Å². The molecule has 0 amide bonds. The molecule has 1 aliphatic rings. The molecule has 2 heterocycles. The summed E-state index contributed by atoms with van der Waals surface area (Å²) >= 11 is 0. The average Bonchev–Trinajstić information content (AvgIpc) is 2.80. The van der Waals surface area contributed by atoms with E-state index in [2.05, 4.69) is 10.4 Å². The first kappa shape index (κ1) is 13.1. The van der Waals surface area contributed by atoms with Crippen LogP contribution in [-0.2, 0) is 6.61 Å². The molecule has 106 valence electrons. The van der Waals surface area contributed by atoms with Crippen molar-refractivity contribution in [3.63, 3.8) is 0 Å². The van der Waals surface area contributed by atoms with E-state index in [1.54, 1.807) is 7.11 Å². The molecule has 3 rings (SSSR count). The van der Waals surface area contributed by atoms with Gasteiger partial charge in [0.1, 0.15) is 5.75 Å². The van der Waals surface area contributed by atoms with E-state index in [1.807, 2.05) is 36.0 Å². The molecule has 2 aromatic rings. The van der Waals surface area contributed by atoms with Crippen molar-refractivity contribution in [3.8, 4) is 16.9 Å². The molecule has 0 unspecified atom stereocenters. The Labute approximate surface area is 118 Å². The van der Waals surface area contributed by atoms with Gasteiger partial charge in [0.05, 0.1) is 25.5 Å². The van der Waals surface area contributed by atoms with Gasteiger partial charge in [-0.1, -0.05) is 18.2 Å². The molecular weight excluding hydrogens is 254 g/mol. The fraction of sp³-hybridized carbons (Fsp3) is 0.400. The lowest BCUT2D eigenvalue weighted by Gasteiger charge is -2.27. The SMILES string of the molecule is COc1c(C)cccc1-c1cn(C2CNC2)nc1CO. The second-order valence-corrected chi connectivity index (χ2v) is 5.10. The highest BCUT2D eigenvalue weighted by atomic mass is 16.5. The standard InChI is InChI=1S/C15H19N3O2/c1-10-4-3-5-12(15(10)20-2)13-8-18(11-6-16-7-11)17-14(13)9-19/h3-5,8,11,16,19H,6-7,9H2,1-2H3. The predicted octanol–water partition coefficient (Wildman–Crippen LogP) is 1.50. The van der Waals surface area contributed by atoms with Crippen LogP contribution in [0.25, 0.3) is 11.1 Å². The van der Waals surface area contributed by atoms with Crippen LogP contribution < -0.4 is 10.1 Å². The molecule has 20 heavy (non-hydrogen) atoms. The number of benzene rings is 1. The van der Waals surface area contributed by atoms with Crippen LogP contribution in [0.15, 0.2) is 24.4 Å². The van der Waals surface area contributed by atoms with Gasteiger partial charge in [0.2, 0.25) is 0 Å². The number of methoxy groups -OCH3 is 1. The average molecular weight is 273 g/mol. The van der Waals surface area contributed by atoms with Crippen molar-refractivity contribution < 1.29 is 9.84 Å². The fourth-order valence-electron chi connectivity index (χ4n) is 2.55. The predicted molar refractivity (Wildman–Crippen MR) is 76.8 cm³/mol. The molecule has 0 saturated carbocycles. The molecule has 5 nitrogen and oxygen atoms in total. The largest absolute Gasteiger partial charge is 0.496 e. The number of aromatic nitrogens is 2. The second kappa shape index (κ2) is 5.26. The first-order valence-electron chi connectivity index (χ1n) is 6.78. The Kier molecular flexibility index (Phi) is 3.46. The molecule has 2 N–H and O–H groups in total. The molecule has 1 aromatic carbocycles. The number of aliphatic hydroxyl groups excluding tert-OH is 1. The molecule has 0 radical (unpaired) electrons. The van der Waals surface area contributed by atoms with E-state index in [-0.39, 0.29) is 6.61 Å². The van der Waals surface area contributed by atoms with E-state index in [0.29, 0.717) is 11.7 Å². The van der Waals surface area contributed by atoms with Crippen LogP contribution in [0.5, 0.6) is 5.75 Å². The van der Waals surface area contributed by atoms with Crippen LogP contribution in [0.2, 0.25) is 0 Å². The smallest absolute Gasteiger partial charge is 0.129 e. The molecule has 0 spiro atoms. The van der Waals surface area contributed by atoms with E-state index in [0.717, 1.165) is 35.5 Å². The van der Waals surface area contributed by atoms with Crippen LogP contribution in [0.4, 0.5) is 0 Å². The van der Waals surface area contributed by atoms with E-state index in [9.17, 15) is 5.11 Å². The topological polar surface area (TPSA) is 59.3 Å². The lowest BCUT2D eigenvalue weighted by molar-refractivity contribution is 0.268. The van der Waals surface area contributed by atoms with Gasteiger partial charge in [-0.2, -0.15) is 5.10 Å². The first-order chi connectivity index (χ1) is 9.74. The number of para-hydroxylation sites is 1. The van der Waals surface area contributed by atoms with Gasteiger partial charge in [0, 0.05) is 30.4 Å². The number of hydrogen-bond donors (Lipinski definition) is 2. The van der Waals surface area contributed by atoms with Crippen molar-refractivity contribution in [1.29, 1.82) is 0 Å². The van der Waals surface area contributed by atoms with Crippen molar-refractivity contribution in [1.82, 2.24) is 15.1 Å². The summed E-state index contributed by atoms with van der Waals surface area (Å²) in [6, 6.07) is 6.40. The number of nitrogens with zero attached hydrogens (tertiary/aromatic N) is 2. The summed E-state index contributed by atoms with van der Waals surface area (Å²) in [7, 11) is 1.67. The summed E-state index contributed by atoms with van der Waals surface area (Å²) in [5, 5.41) is 17.3. The minimum atomic E-state index is -0.0699. The summed E-state index contributed by atoms with van der Waals surface area (Å²) in [6.07, 6.45) is 2.01. The minimum Gasteiger partial charge on any atom is -0.496 e. The van der Waals surface area contributed by atoms with E-state index in [1.165, 1.54) is 0 Å². The van der Waals surface area contributed by atoms with Crippen molar-refractivity contribution in [2.75, 3.05) is 20.2 Å². The third kappa shape index (κ3) is 2.09. The normalized spacial score (nSPS) is 15.2. The highest BCUT2D eigenvalue weighted by molar-refractivity contribution is 5.73. The van der Waals surface area contributed by atoms with Crippen LogP contribution in [-0.4, -0.2) is 35.1 Å². The van der Waals surface area contributed by atoms with Crippen molar-refractivity contribution >= 4 is 0 Å². The summed E-state index contributed by atoms with van der Waals surface area (Å²) in [6.45, 7) is 3.80. The number of aliphatic hydroxyl groups is 1. The van der Waals surface area contributed by atoms with E-state index in [4.69, 9.17) is 4.74 Å². The van der Waals surface area contributed by atoms with Crippen LogP contribution in [0.1, 0.15) is 17.3 Å². The maximum absolute atomic E-state index is 9.57. The van der Waals surface area contributed by atoms with Gasteiger partial charge in [-0.25, -0.2) is 0 Å². The van der Waals surface area contributed by atoms with Crippen LogP contribution in [0.3, 0.4) is 0 Å². The van der Waals surface area contributed by atoms with Gasteiger partial charge >= 0.3 is 0 Å². The summed E-state index contributed by atoms with van der Waals surface area (Å²) < 4.78 is 7.45. The molecule has 1 saturated heterocycles. The van der Waals surface area contributed by atoms with E-state index >= 15 is 0 Å².